The zero-order valence-corrected chi connectivity index (χ0v) is 22.1. The van der Waals surface area contributed by atoms with Crippen molar-refractivity contribution in [3.05, 3.63) is 60.9 Å². The van der Waals surface area contributed by atoms with Gasteiger partial charge < -0.3 is 15.0 Å². The lowest BCUT2D eigenvalue weighted by atomic mass is 9.92. The van der Waals surface area contributed by atoms with Crippen molar-refractivity contribution in [1.29, 1.82) is 0 Å². The number of sulfone groups is 1. The maximum absolute atomic E-state index is 13.2. The molecule has 1 amide bonds. The van der Waals surface area contributed by atoms with Gasteiger partial charge in [0.05, 0.1) is 33.7 Å². The molecular formula is C27H30N6O4S. The van der Waals surface area contributed by atoms with Crippen molar-refractivity contribution >= 4 is 38.2 Å². The third kappa shape index (κ3) is 5.19. The molecule has 1 aliphatic carbocycles. The number of anilines is 2. The first-order chi connectivity index (χ1) is 18.2. The van der Waals surface area contributed by atoms with Crippen molar-refractivity contribution in [2.45, 2.75) is 56.6 Å². The summed E-state index contributed by atoms with van der Waals surface area (Å²) >= 11 is 0. The number of benzene rings is 2. The predicted molar refractivity (Wildman–Crippen MR) is 145 cm³/mol. The maximum Gasteiger partial charge on any atom is 0.411 e. The van der Waals surface area contributed by atoms with Gasteiger partial charge in [0.2, 0.25) is 0 Å². The number of hydrogen-bond acceptors (Lipinski definition) is 8. The minimum atomic E-state index is -3.58. The number of amides is 1. The highest BCUT2D eigenvalue weighted by atomic mass is 32.2. The highest BCUT2D eigenvalue weighted by Crippen LogP contribution is 2.44. The van der Waals surface area contributed by atoms with E-state index < -0.39 is 15.9 Å². The number of fused-ring (bicyclic) bond motifs is 1. The summed E-state index contributed by atoms with van der Waals surface area (Å²) in [7, 11) is -3.58. The molecule has 1 fully saturated rings. The first-order valence-corrected chi connectivity index (χ1v) is 14.2. The molecule has 11 heteroatoms. The highest BCUT2D eigenvalue weighted by Gasteiger charge is 2.28. The van der Waals surface area contributed by atoms with Crippen LogP contribution in [0.25, 0.3) is 22.2 Å². The van der Waals surface area contributed by atoms with Crippen molar-refractivity contribution in [1.82, 2.24) is 19.5 Å². The zero-order valence-electron chi connectivity index (χ0n) is 21.3. The second kappa shape index (κ2) is 10.4. The number of ether oxygens (including phenoxy) is 1. The average molecular weight is 535 g/mol. The number of carbonyl (C=O) groups is 1. The number of aryl methyl sites for hydroxylation is 1. The van der Waals surface area contributed by atoms with Gasteiger partial charge in [-0.25, -0.2) is 28.2 Å². The fourth-order valence-corrected chi connectivity index (χ4v) is 5.89. The van der Waals surface area contributed by atoms with Crippen molar-refractivity contribution in [2.75, 3.05) is 16.8 Å². The summed E-state index contributed by atoms with van der Waals surface area (Å²) in [6.45, 7) is 3.58. The summed E-state index contributed by atoms with van der Waals surface area (Å²) in [5.74, 6) is 0.326. The molecule has 0 saturated heterocycles. The second-order valence-corrected chi connectivity index (χ2v) is 11.8. The van der Waals surface area contributed by atoms with E-state index in [-0.39, 0.29) is 29.2 Å². The standard InChI is InChI=1S/C27H30N6O4S/c1-17(2)37-27(34)32-19-8-6-18(7-9-19)26-25(28)22-11-10-21(14-23(22)33(26)20-4-3-5-20)38(35,36)13-12-24-30-15-29-16-31-24/h6-11,14-17,20H,3-5,12-13,28H2,1-2H3,(H,32,34). The number of aromatic nitrogens is 4. The number of nitrogens with zero attached hydrogens (tertiary/aromatic N) is 4. The number of carbonyl (C=O) groups excluding carboxylic acids is 1. The lowest BCUT2D eigenvalue weighted by molar-refractivity contribution is 0.130. The molecule has 0 aliphatic heterocycles. The van der Waals surface area contributed by atoms with Gasteiger partial charge in [-0.1, -0.05) is 12.1 Å². The normalized spacial score (nSPS) is 14.0. The van der Waals surface area contributed by atoms with E-state index in [2.05, 4.69) is 24.8 Å². The Labute approximate surface area is 221 Å². The Hall–Kier alpha value is -3.99. The minimum absolute atomic E-state index is 0.108. The Balaban J connectivity index is 1.49. The summed E-state index contributed by atoms with van der Waals surface area (Å²) in [6, 6.07) is 12.8. The summed E-state index contributed by atoms with van der Waals surface area (Å²) in [5, 5.41) is 3.53. The van der Waals surface area contributed by atoms with Crippen LogP contribution < -0.4 is 11.1 Å². The molecule has 0 bridgehead atoms. The molecule has 4 aromatic rings. The SMILES string of the molecule is CC(C)OC(=O)Nc1ccc(-c2c(N)c3ccc(S(=O)(=O)CCc4ncncn4)cc3n2C2CCC2)cc1. The Kier molecular flexibility index (Phi) is 7.02. The summed E-state index contributed by atoms with van der Waals surface area (Å²) < 4.78 is 33.7. The van der Waals surface area contributed by atoms with Crippen LogP contribution >= 0.6 is 0 Å². The molecule has 0 unspecified atom stereocenters. The van der Waals surface area contributed by atoms with Crippen molar-refractivity contribution < 1.29 is 17.9 Å². The number of nitrogens with one attached hydrogen (secondary N) is 1. The van der Waals surface area contributed by atoms with Gasteiger partial charge in [-0.2, -0.15) is 0 Å². The fraction of sp³-hybridized carbons (Fsp3) is 0.333. The third-order valence-corrected chi connectivity index (χ3v) is 8.42. The van der Waals surface area contributed by atoms with Crippen molar-refractivity contribution in [3.8, 4) is 11.3 Å². The largest absolute Gasteiger partial charge is 0.447 e. The van der Waals surface area contributed by atoms with Crippen LogP contribution in [0.4, 0.5) is 16.2 Å². The molecule has 10 nitrogen and oxygen atoms in total. The third-order valence-electron chi connectivity index (χ3n) is 6.70. The molecule has 1 aliphatic rings. The Bertz CT molecular complexity index is 1560. The molecule has 2 aromatic heterocycles. The first-order valence-electron chi connectivity index (χ1n) is 12.6. The number of hydrogen-bond donors (Lipinski definition) is 2. The molecule has 2 heterocycles. The molecule has 0 atom stereocenters. The molecule has 0 spiro atoms. The smallest absolute Gasteiger partial charge is 0.411 e. The van der Waals surface area contributed by atoms with Crippen molar-refractivity contribution in [3.63, 3.8) is 0 Å². The summed E-state index contributed by atoms with van der Waals surface area (Å²) in [6.07, 6.45) is 5.28. The van der Waals surface area contributed by atoms with Crippen LogP contribution in [0.5, 0.6) is 0 Å². The Morgan fingerprint density at radius 1 is 1.13 bits per heavy atom. The highest BCUT2D eigenvalue weighted by molar-refractivity contribution is 7.91. The van der Waals surface area contributed by atoms with E-state index in [1.165, 1.54) is 12.7 Å². The molecular weight excluding hydrogens is 504 g/mol. The zero-order chi connectivity index (χ0) is 26.9. The van der Waals surface area contributed by atoms with Crippen LogP contribution in [-0.4, -0.2) is 45.9 Å². The quantitative estimate of drug-likeness (QED) is 0.329. The second-order valence-electron chi connectivity index (χ2n) is 9.68. The van der Waals surface area contributed by atoms with E-state index in [9.17, 15) is 13.2 Å². The lowest BCUT2D eigenvalue weighted by Crippen LogP contribution is -2.18. The van der Waals surface area contributed by atoms with Gasteiger partial charge in [-0.3, -0.25) is 5.32 Å². The van der Waals surface area contributed by atoms with Gasteiger partial charge in [0, 0.05) is 29.1 Å². The van der Waals surface area contributed by atoms with E-state index in [1.54, 1.807) is 44.2 Å². The Morgan fingerprint density at radius 2 is 1.84 bits per heavy atom. The topological polar surface area (TPSA) is 142 Å². The van der Waals surface area contributed by atoms with Crippen LogP contribution in [-0.2, 0) is 21.0 Å². The van der Waals surface area contributed by atoms with Crippen LogP contribution in [0.15, 0.2) is 60.0 Å². The molecule has 5 rings (SSSR count). The molecule has 38 heavy (non-hydrogen) atoms. The van der Waals surface area contributed by atoms with Crippen molar-refractivity contribution in [2.24, 2.45) is 0 Å². The van der Waals surface area contributed by atoms with Gasteiger partial charge >= 0.3 is 6.09 Å². The molecule has 3 N–H and O–H groups in total. The van der Waals surface area contributed by atoms with Crippen LogP contribution in [0.2, 0.25) is 0 Å². The van der Waals surface area contributed by atoms with Gasteiger partial charge in [0.25, 0.3) is 0 Å². The van der Waals surface area contributed by atoms with Gasteiger partial charge in [-0.05, 0) is 63.4 Å². The lowest BCUT2D eigenvalue weighted by Gasteiger charge is -2.30. The molecule has 0 radical (unpaired) electrons. The molecule has 198 valence electrons. The molecule has 1 saturated carbocycles. The number of nitrogen functional groups attached to an aromatic ring is 1. The fourth-order valence-electron chi connectivity index (χ4n) is 4.64. The average Bonchev–Trinajstić information content (AvgIpc) is 3.14. The first kappa shape index (κ1) is 25.7. The Morgan fingerprint density at radius 3 is 2.47 bits per heavy atom. The maximum atomic E-state index is 13.2. The number of rotatable bonds is 8. The molecule has 2 aromatic carbocycles. The summed E-state index contributed by atoms with van der Waals surface area (Å²) in [5.41, 5.74) is 10.4. The minimum Gasteiger partial charge on any atom is -0.447 e. The van der Waals surface area contributed by atoms with Crippen LogP contribution in [0, 0.1) is 0 Å². The van der Waals surface area contributed by atoms with E-state index in [4.69, 9.17) is 10.5 Å². The number of nitrogens with two attached hydrogens (primary N) is 1. The van der Waals surface area contributed by atoms with E-state index in [0.29, 0.717) is 17.2 Å². The monoisotopic (exact) mass is 534 g/mol. The van der Waals surface area contributed by atoms with Gasteiger partial charge in [-0.15, -0.1) is 0 Å². The summed E-state index contributed by atoms with van der Waals surface area (Å²) in [4.78, 5) is 24.0. The van der Waals surface area contributed by atoms with Gasteiger partial charge in [0.1, 0.15) is 18.5 Å². The van der Waals surface area contributed by atoms with Gasteiger partial charge in [0.15, 0.2) is 9.84 Å². The predicted octanol–water partition coefficient (Wildman–Crippen LogP) is 4.77. The van der Waals surface area contributed by atoms with Crippen LogP contribution in [0.3, 0.4) is 0 Å². The van der Waals surface area contributed by atoms with E-state index >= 15 is 0 Å². The van der Waals surface area contributed by atoms with Crippen LogP contribution in [0.1, 0.15) is 45.0 Å². The van der Waals surface area contributed by atoms with E-state index in [1.807, 2.05) is 12.1 Å². The van der Waals surface area contributed by atoms with E-state index in [0.717, 1.165) is 41.4 Å².